The lowest BCUT2D eigenvalue weighted by Crippen LogP contribution is -2.29. The summed E-state index contributed by atoms with van der Waals surface area (Å²) >= 11 is 0. The highest BCUT2D eigenvalue weighted by Gasteiger charge is 2.00. The Kier molecular flexibility index (Phi) is 5.31. The fraction of sp³-hybridized carbons (Fsp3) is 0.438. The molecule has 0 aliphatic rings. The molecule has 3 heteroatoms. The molecule has 0 aliphatic carbocycles. The van der Waals surface area contributed by atoms with Crippen molar-refractivity contribution in [2.24, 2.45) is 5.92 Å². The molecule has 3 nitrogen and oxygen atoms in total. The van der Waals surface area contributed by atoms with E-state index in [1.54, 1.807) is 0 Å². The summed E-state index contributed by atoms with van der Waals surface area (Å²) in [6.45, 7) is 8.32. The van der Waals surface area contributed by atoms with Gasteiger partial charge in [0.2, 0.25) is 0 Å². The zero-order chi connectivity index (χ0) is 13.5. The molecule has 19 heavy (non-hydrogen) atoms. The van der Waals surface area contributed by atoms with Gasteiger partial charge in [0, 0.05) is 31.2 Å². The summed E-state index contributed by atoms with van der Waals surface area (Å²) in [6.07, 6.45) is 1.89. The fourth-order valence-corrected chi connectivity index (χ4v) is 2.10. The Bertz CT molecular complexity index is 503. The first-order valence-corrected chi connectivity index (χ1v) is 7.01. The largest absolute Gasteiger partial charge is 0.315 e. The molecular formula is C16H23N3. The fourth-order valence-electron chi connectivity index (χ4n) is 2.10. The predicted octanol–water partition coefficient (Wildman–Crippen LogP) is 2.57. The van der Waals surface area contributed by atoms with E-state index in [4.69, 9.17) is 0 Å². The molecule has 0 bridgehead atoms. The summed E-state index contributed by atoms with van der Waals surface area (Å²) in [5.41, 5.74) is 1.13. The Morgan fingerprint density at radius 3 is 2.68 bits per heavy atom. The second kappa shape index (κ2) is 7.22. The molecule has 2 rings (SSSR count). The van der Waals surface area contributed by atoms with E-state index in [1.807, 2.05) is 6.20 Å². The molecule has 1 heterocycles. The molecule has 0 amide bonds. The number of aromatic nitrogens is 1. The van der Waals surface area contributed by atoms with E-state index in [1.165, 1.54) is 10.8 Å². The highest BCUT2D eigenvalue weighted by Crippen LogP contribution is 2.15. The molecule has 102 valence electrons. The van der Waals surface area contributed by atoms with Crippen LogP contribution in [0.25, 0.3) is 10.8 Å². The lowest BCUT2D eigenvalue weighted by Gasteiger charge is -2.09. The van der Waals surface area contributed by atoms with Gasteiger partial charge < -0.3 is 10.6 Å². The van der Waals surface area contributed by atoms with Crippen LogP contribution in [0, 0.1) is 5.92 Å². The number of pyridine rings is 1. The molecule has 2 aromatic rings. The Morgan fingerprint density at radius 2 is 1.84 bits per heavy atom. The van der Waals surface area contributed by atoms with Gasteiger partial charge in [-0.15, -0.1) is 0 Å². The molecule has 0 atom stereocenters. The SMILES string of the molecule is CC(C)CNCCNCc1nccc2ccccc12. The molecule has 0 saturated heterocycles. The lowest BCUT2D eigenvalue weighted by molar-refractivity contribution is 0.534. The maximum absolute atomic E-state index is 4.47. The monoisotopic (exact) mass is 257 g/mol. The summed E-state index contributed by atoms with van der Waals surface area (Å²) < 4.78 is 0. The zero-order valence-corrected chi connectivity index (χ0v) is 11.8. The van der Waals surface area contributed by atoms with E-state index in [0.29, 0.717) is 5.92 Å². The minimum absolute atomic E-state index is 0.708. The first-order valence-electron chi connectivity index (χ1n) is 7.01. The molecule has 0 fully saturated rings. The highest BCUT2D eigenvalue weighted by molar-refractivity contribution is 5.84. The maximum atomic E-state index is 4.47. The number of rotatable bonds is 7. The predicted molar refractivity (Wildman–Crippen MR) is 81.2 cm³/mol. The molecular weight excluding hydrogens is 234 g/mol. The first kappa shape index (κ1) is 14.0. The average Bonchev–Trinajstić information content (AvgIpc) is 2.42. The van der Waals surface area contributed by atoms with E-state index < -0.39 is 0 Å². The van der Waals surface area contributed by atoms with Gasteiger partial charge in [0.15, 0.2) is 0 Å². The van der Waals surface area contributed by atoms with Crippen molar-refractivity contribution in [1.29, 1.82) is 0 Å². The molecule has 1 aromatic carbocycles. The van der Waals surface area contributed by atoms with Gasteiger partial charge >= 0.3 is 0 Å². The number of hydrogen-bond donors (Lipinski definition) is 2. The van der Waals surface area contributed by atoms with Gasteiger partial charge in [0.25, 0.3) is 0 Å². The second-order valence-corrected chi connectivity index (χ2v) is 5.25. The van der Waals surface area contributed by atoms with Gasteiger partial charge in [0.1, 0.15) is 0 Å². The van der Waals surface area contributed by atoms with E-state index in [2.05, 4.69) is 59.8 Å². The van der Waals surface area contributed by atoms with Crippen molar-refractivity contribution in [3.05, 3.63) is 42.2 Å². The Labute approximate surface area is 115 Å². The first-order chi connectivity index (χ1) is 9.27. The molecule has 1 aromatic heterocycles. The number of nitrogens with one attached hydrogen (secondary N) is 2. The van der Waals surface area contributed by atoms with Gasteiger partial charge in [0.05, 0.1) is 5.69 Å². The molecule has 0 unspecified atom stereocenters. The van der Waals surface area contributed by atoms with E-state index in [9.17, 15) is 0 Å². The summed E-state index contributed by atoms with van der Waals surface area (Å²) in [4.78, 5) is 4.47. The average molecular weight is 257 g/mol. The Morgan fingerprint density at radius 1 is 1.05 bits per heavy atom. The third-order valence-electron chi connectivity index (χ3n) is 3.08. The van der Waals surface area contributed by atoms with Crippen molar-refractivity contribution in [3.8, 4) is 0 Å². The van der Waals surface area contributed by atoms with Crippen LogP contribution < -0.4 is 10.6 Å². The van der Waals surface area contributed by atoms with Gasteiger partial charge in [-0.05, 0) is 23.9 Å². The standard InChI is InChI=1S/C16H23N3/c1-13(2)11-17-9-10-18-12-16-15-6-4-3-5-14(15)7-8-19-16/h3-8,13,17-18H,9-12H2,1-2H3. The van der Waals surface area contributed by atoms with Gasteiger partial charge in [-0.1, -0.05) is 38.1 Å². The van der Waals surface area contributed by atoms with Crippen molar-refractivity contribution in [2.45, 2.75) is 20.4 Å². The second-order valence-electron chi connectivity index (χ2n) is 5.25. The van der Waals surface area contributed by atoms with Crippen LogP contribution in [0.3, 0.4) is 0 Å². The van der Waals surface area contributed by atoms with Crippen LogP contribution in [0.5, 0.6) is 0 Å². The normalized spacial score (nSPS) is 11.3. The van der Waals surface area contributed by atoms with Crippen LogP contribution in [0.2, 0.25) is 0 Å². The van der Waals surface area contributed by atoms with Crippen molar-refractivity contribution in [1.82, 2.24) is 15.6 Å². The van der Waals surface area contributed by atoms with Crippen molar-refractivity contribution in [2.75, 3.05) is 19.6 Å². The van der Waals surface area contributed by atoms with Gasteiger partial charge in [-0.2, -0.15) is 0 Å². The Hall–Kier alpha value is -1.45. The van der Waals surface area contributed by atoms with Crippen molar-refractivity contribution >= 4 is 10.8 Å². The van der Waals surface area contributed by atoms with Crippen LogP contribution in [-0.2, 0) is 6.54 Å². The van der Waals surface area contributed by atoms with Crippen LogP contribution in [0.15, 0.2) is 36.5 Å². The van der Waals surface area contributed by atoms with E-state index in [-0.39, 0.29) is 0 Å². The van der Waals surface area contributed by atoms with Gasteiger partial charge in [-0.3, -0.25) is 4.98 Å². The highest BCUT2D eigenvalue weighted by atomic mass is 14.9. The molecule has 0 aliphatic heterocycles. The molecule has 0 radical (unpaired) electrons. The Balaban J connectivity index is 1.82. The lowest BCUT2D eigenvalue weighted by atomic mass is 10.1. The van der Waals surface area contributed by atoms with E-state index in [0.717, 1.165) is 31.9 Å². The topological polar surface area (TPSA) is 37.0 Å². The van der Waals surface area contributed by atoms with Crippen molar-refractivity contribution in [3.63, 3.8) is 0 Å². The van der Waals surface area contributed by atoms with E-state index >= 15 is 0 Å². The number of hydrogen-bond acceptors (Lipinski definition) is 3. The smallest absolute Gasteiger partial charge is 0.0619 e. The zero-order valence-electron chi connectivity index (χ0n) is 11.8. The molecule has 0 spiro atoms. The third kappa shape index (κ3) is 4.30. The minimum atomic E-state index is 0.708. The number of nitrogens with zero attached hydrogens (tertiary/aromatic N) is 1. The summed E-state index contributed by atoms with van der Waals surface area (Å²) in [5.74, 6) is 0.708. The summed E-state index contributed by atoms with van der Waals surface area (Å²) in [6, 6.07) is 10.5. The van der Waals surface area contributed by atoms with Crippen LogP contribution in [0.4, 0.5) is 0 Å². The quantitative estimate of drug-likeness (QED) is 0.749. The van der Waals surface area contributed by atoms with Gasteiger partial charge in [-0.25, -0.2) is 0 Å². The van der Waals surface area contributed by atoms with Crippen LogP contribution >= 0.6 is 0 Å². The molecule has 0 saturated carbocycles. The van der Waals surface area contributed by atoms with Crippen molar-refractivity contribution < 1.29 is 0 Å². The minimum Gasteiger partial charge on any atom is -0.315 e. The summed E-state index contributed by atoms with van der Waals surface area (Å²) in [5, 5.41) is 9.37. The third-order valence-corrected chi connectivity index (χ3v) is 3.08. The maximum Gasteiger partial charge on any atom is 0.0619 e. The summed E-state index contributed by atoms with van der Waals surface area (Å²) in [7, 11) is 0. The number of fused-ring (bicyclic) bond motifs is 1. The van der Waals surface area contributed by atoms with Crippen LogP contribution in [0.1, 0.15) is 19.5 Å². The number of benzene rings is 1. The molecule has 2 N–H and O–H groups in total. The van der Waals surface area contributed by atoms with Crippen LogP contribution in [-0.4, -0.2) is 24.6 Å².